The second kappa shape index (κ2) is 11.3. The number of nitrogens with two attached hydrogens (primary N) is 1. The highest BCUT2D eigenvalue weighted by Crippen LogP contribution is 2.09. The minimum absolute atomic E-state index is 0. The number of anilines is 1. The number of aliphatic hydroxyl groups excluding tert-OH is 1. The Hall–Kier alpha value is -1.59. The molecule has 0 amide bonds. The summed E-state index contributed by atoms with van der Waals surface area (Å²) < 4.78 is 0. The van der Waals surface area contributed by atoms with E-state index in [2.05, 4.69) is 11.9 Å². The smallest absolute Gasteiger partial charge is 0.215 e. The van der Waals surface area contributed by atoms with E-state index in [9.17, 15) is 5.11 Å². The van der Waals surface area contributed by atoms with Crippen LogP contribution >= 0.6 is 0 Å². The highest BCUT2D eigenvalue weighted by Gasteiger charge is 2.06. The number of nitrogen functional groups attached to an aromatic ring is 1. The minimum Gasteiger partial charge on any atom is -0.399 e. The van der Waals surface area contributed by atoms with Gasteiger partial charge in [0.1, 0.15) is 0 Å². The minimum atomic E-state index is -0.238. The van der Waals surface area contributed by atoms with Gasteiger partial charge in [0.15, 0.2) is 0 Å². The van der Waals surface area contributed by atoms with Crippen LogP contribution in [0.3, 0.4) is 0 Å². The number of benzene rings is 1. The van der Waals surface area contributed by atoms with Crippen LogP contribution in [0.25, 0.3) is 0 Å². The Labute approximate surface area is 121 Å². The molecular formula is C15H26N2O3. The largest absolute Gasteiger partial charge is 0.399 e. The molecule has 0 aliphatic rings. The van der Waals surface area contributed by atoms with Gasteiger partial charge in [-0.25, -0.2) is 4.99 Å². The standard InChI is InChI=1S/C14H22N2O3.CH4/c1-2-3-8-18-19-11-16-14(10-17)9-12-4-6-13(15)7-5-12;/h4-7,11,14,17H,2-3,8-10,15H2,1H3;1H4/t14-;/m0./s1. The molecule has 0 bridgehead atoms. The van der Waals surface area contributed by atoms with E-state index in [0.29, 0.717) is 13.0 Å². The van der Waals surface area contributed by atoms with Crippen LogP contribution in [-0.2, 0) is 16.2 Å². The third kappa shape index (κ3) is 7.76. The summed E-state index contributed by atoms with van der Waals surface area (Å²) in [5, 5.41) is 9.25. The number of hydrogen-bond acceptors (Lipinski definition) is 5. The van der Waals surface area contributed by atoms with E-state index in [4.69, 9.17) is 15.5 Å². The summed E-state index contributed by atoms with van der Waals surface area (Å²) in [6.07, 6.45) is 3.87. The lowest BCUT2D eigenvalue weighted by molar-refractivity contribution is -0.217. The second-order valence-electron chi connectivity index (χ2n) is 4.31. The van der Waals surface area contributed by atoms with Crippen molar-refractivity contribution in [3.05, 3.63) is 29.8 Å². The fourth-order valence-electron chi connectivity index (χ4n) is 1.48. The zero-order valence-corrected chi connectivity index (χ0v) is 11.3. The number of aliphatic hydroxyl groups is 1. The first-order chi connectivity index (χ1) is 9.26. The highest BCUT2D eigenvalue weighted by atomic mass is 17.2. The summed E-state index contributed by atoms with van der Waals surface area (Å²) in [6.45, 7) is 2.58. The van der Waals surface area contributed by atoms with Gasteiger partial charge in [0.05, 0.1) is 19.3 Å². The summed E-state index contributed by atoms with van der Waals surface area (Å²) in [5.41, 5.74) is 7.40. The van der Waals surface area contributed by atoms with Gasteiger partial charge in [-0.3, -0.25) is 0 Å². The molecule has 0 spiro atoms. The number of hydrogen-bond donors (Lipinski definition) is 2. The first kappa shape index (κ1) is 18.4. The van der Waals surface area contributed by atoms with Crippen molar-refractivity contribution in [2.24, 2.45) is 4.99 Å². The topological polar surface area (TPSA) is 77.1 Å². The number of aliphatic imine (C=N–C) groups is 1. The zero-order chi connectivity index (χ0) is 13.9. The maximum atomic E-state index is 9.25. The average Bonchev–Trinajstić information content (AvgIpc) is 2.43. The van der Waals surface area contributed by atoms with E-state index in [1.54, 1.807) is 0 Å². The molecule has 0 saturated carbocycles. The Morgan fingerprint density at radius 3 is 2.65 bits per heavy atom. The molecule has 1 atom stereocenters. The zero-order valence-electron chi connectivity index (χ0n) is 11.3. The molecule has 20 heavy (non-hydrogen) atoms. The van der Waals surface area contributed by atoms with Gasteiger partial charge in [0, 0.05) is 5.69 Å². The first-order valence-electron chi connectivity index (χ1n) is 6.51. The second-order valence-corrected chi connectivity index (χ2v) is 4.31. The van der Waals surface area contributed by atoms with Crippen LogP contribution in [-0.4, -0.2) is 30.8 Å². The van der Waals surface area contributed by atoms with Crippen molar-refractivity contribution in [1.82, 2.24) is 0 Å². The van der Waals surface area contributed by atoms with Crippen molar-refractivity contribution in [2.75, 3.05) is 18.9 Å². The first-order valence-corrected chi connectivity index (χ1v) is 6.51. The molecule has 0 aliphatic heterocycles. The van der Waals surface area contributed by atoms with Crippen LogP contribution < -0.4 is 5.73 Å². The molecule has 3 N–H and O–H groups in total. The van der Waals surface area contributed by atoms with Gasteiger partial charge in [-0.15, -0.1) is 0 Å². The van der Waals surface area contributed by atoms with Gasteiger partial charge in [0.25, 0.3) is 0 Å². The Morgan fingerprint density at radius 1 is 1.35 bits per heavy atom. The van der Waals surface area contributed by atoms with Crippen molar-refractivity contribution in [1.29, 1.82) is 0 Å². The molecule has 0 radical (unpaired) electrons. The molecule has 0 fully saturated rings. The normalized spacial score (nSPS) is 12.1. The van der Waals surface area contributed by atoms with Crippen LogP contribution in [0.5, 0.6) is 0 Å². The van der Waals surface area contributed by atoms with E-state index in [-0.39, 0.29) is 20.1 Å². The van der Waals surface area contributed by atoms with Crippen LogP contribution in [0.2, 0.25) is 0 Å². The lowest BCUT2D eigenvalue weighted by Crippen LogP contribution is -2.14. The third-order valence-corrected chi connectivity index (χ3v) is 2.63. The predicted octanol–water partition coefficient (Wildman–Crippen LogP) is 2.58. The van der Waals surface area contributed by atoms with Crippen molar-refractivity contribution in [2.45, 2.75) is 39.7 Å². The molecule has 1 aromatic carbocycles. The van der Waals surface area contributed by atoms with Crippen molar-refractivity contribution >= 4 is 12.1 Å². The van der Waals surface area contributed by atoms with E-state index >= 15 is 0 Å². The van der Waals surface area contributed by atoms with Gasteiger partial charge in [0.2, 0.25) is 6.40 Å². The molecule has 5 heteroatoms. The monoisotopic (exact) mass is 282 g/mol. The molecule has 5 nitrogen and oxygen atoms in total. The Balaban J connectivity index is 0.00000361. The summed E-state index contributed by atoms with van der Waals surface area (Å²) in [4.78, 5) is 13.8. The summed E-state index contributed by atoms with van der Waals surface area (Å²) in [5.74, 6) is 0. The molecule has 1 aromatic rings. The number of rotatable bonds is 9. The van der Waals surface area contributed by atoms with Gasteiger partial charge >= 0.3 is 0 Å². The van der Waals surface area contributed by atoms with E-state index < -0.39 is 0 Å². The number of nitrogens with zero attached hydrogens (tertiary/aromatic N) is 1. The maximum Gasteiger partial charge on any atom is 0.215 e. The molecule has 0 aromatic heterocycles. The molecular weight excluding hydrogens is 256 g/mol. The quantitative estimate of drug-likeness (QED) is 0.182. The maximum absolute atomic E-state index is 9.25. The van der Waals surface area contributed by atoms with Crippen molar-refractivity contribution in [3.63, 3.8) is 0 Å². The Kier molecular flexibility index (Phi) is 10.4. The van der Waals surface area contributed by atoms with E-state index in [0.717, 1.165) is 24.1 Å². The lowest BCUT2D eigenvalue weighted by Gasteiger charge is -2.09. The lowest BCUT2D eigenvalue weighted by atomic mass is 10.1. The molecule has 0 heterocycles. The number of unbranched alkanes of at least 4 members (excludes halogenated alkanes) is 1. The van der Waals surface area contributed by atoms with Gasteiger partial charge in [-0.2, -0.15) is 4.89 Å². The van der Waals surface area contributed by atoms with Crippen molar-refractivity contribution < 1.29 is 14.9 Å². The van der Waals surface area contributed by atoms with Crippen LogP contribution in [0.4, 0.5) is 5.69 Å². The van der Waals surface area contributed by atoms with Crippen LogP contribution in [0.1, 0.15) is 32.8 Å². The predicted molar refractivity (Wildman–Crippen MR) is 82.6 cm³/mol. The summed E-state index contributed by atoms with van der Waals surface area (Å²) in [7, 11) is 0. The SMILES string of the molecule is C.CCCCOOC=N[C@H](CO)Cc1ccc(N)cc1. The fraction of sp³-hybridized carbons (Fsp3) is 0.533. The van der Waals surface area contributed by atoms with E-state index in [1.807, 2.05) is 24.3 Å². The Bertz CT molecular complexity index is 366. The van der Waals surface area contributed by atoms with Gasteiger partial charge < -0.3 is 15.7 Å². The van der Waals surface area contributed by atoms with Gasteiger partial charge in [-0.1, -0.05) is 32.9 Å². The summed E-state index contributed by atoms with van der Waals surface area (Å²) >= 11 is 0. The molecule has 0 aliphatic carbocycles. The highest BCUT2D eigenvalue weighted by molar-refractivity contribution is 5.46. The molecule has 114 valence electrons. The van der Waals surface area contributed by atoms with Crippen molar-refractivity contribution in [3.8, 4) is 0 Å². The average molecular weight is 282 g/mol. The Morgan fingerprint density at radius 2 is 2.05 bits per heavy atom. The summed E-state index contributed by atoms with van der Waals surface area (Å²) in [6, 6.07) is 7.27. The van der Waals surface area contributed by atoms with Crippen LogP contribution in [0.15, 0.2) is 29.3 Å². The van der Waals surface area contributed by atoms with E-state index in [1.165, 1.54) is 6.40 Å². The fourth-order valence-corrected chi connectivity index (χ4v) is 1.48. The third-order valence-electron chi connectivity index (χ3n) is 2.63. The molecule has 0 unspecified atom stereocenters. The van der Waals surface area contributed by atoms with Crippen LogP contribution in [0, 0.1) is 0 Å². The molecule has 1 rings (SSSR count). The van der Waals surface area contributed by atoms with Gasteiger partial charge in [-0.05, 0) is 30.5 Å². The molecule has 0 saturated heterocycles.